The molecule has 0 spiro atoms. The largest absolute Gasteiger partial charge is 0.507 e. The number of anilines is 1. The Bertz CT molecular complexity index is 403. The van der Waals surface area contributed by atoms with Crippen molar-refractivity contribution in [3.63, 3.8) is 0 Å². The first-order valence-electron chi connectivity index (χ1n) is 6.87. The summed E-state index contributed by atoms with van der Waals surface area (Å²) in [6, 6.07) is 5.59. The molecule has 0 radical (unpaired) electrons. The molecule has 1 saturated heterocycles. The fourth-order valence-electron chi connectivity index (χ4n) is 2.79. The molecule has 2 unspecified atom stereocenters. The average Bonchev–Trinajstić information content (AvgIpc) is 2.77. The van der Waals surface area contributed by atoms with Crippen LogP contribution in [0.4, 0.5) is 5.69 Å². The van der Waals surface area contributed by atoms with Crippen molar-refractivity contribution < 1.29 is 10.2 Å². The molecule has 0 aliphatic carbocycles. The maximum Gasteiger partial charge on any atom is 0.123 e. The molecule has 3 nitrogen and oxygen atoms in total. The van der Waals surface area contributed by atoms with E-state index in [9.17, 15) is 10.2 Å². The van der Waals surface area contributed by atoms with Crippen LogP contribution >= 0.6 is 0 Å². The van der Waals surface area contributed by atoms with E-state index >= 15 is 0 Å². The lowest BCUT2D eigenvalue weighted by molar-refractivity contribution is 0.195. The quantitative estimate of drug-likeness (QED) is 0.862. The lowest BCUT2D eigenvalue weighted by Gasteiger charge is -2.20. The minimum Gasteiger partial charge on any atom is -0.507 e. The van der Waals surface area contributed by atoms with Gasteiger partial charge in [-0.25, -0.2) is 0 Å². The van der Waals surface area contributed by atoms with Gasteiger partial charge in [-0.1, -0.05) is 19.4 Å². The topological polar surface area (TPSA) is 43.7 Å². The summed E-state index contributed by atoms with van der Waals surface area (Å²) < 4.78 is 0. The molecule has 1 aliphatic rings. The first-order valence-corrected chi connectivity index (χ1v) is 6.87. The SMILES string of the molecule is CCCC1CCN(c2ccc(C(C)O)c(O)c2)C1. The van der Waals surface area contributed by atoms with E-state index < -0.39 is 6.10 Å². The molecular weight excluding hydrogens is 226 g/mol. The van der Waals surface area contributed by atoms with Crippen LogP contribution in [-0.2, 0) is 0 Å². The highest BCUT2D eigenvalue weighted by molar-refractivity contribution is 5.54. The maximum absolute atomic E-state index is 9.90. The molecule has 0 aromatic heterocycles. The van der Waals surface area contributed by atoms with E-state index in [1.165, 1.54) is 19.3 Å². The smallest absolute Gasteiger partial charge is 0.123 e. The summed E-state index contributed by atoms with van der Waals surface area (Å²) in [4.78, 5) is 2.33. The fraction of sp³-hybridized carbons (Fsp3) is 0.600. The van der Waals surface area contributed by atoms with Gasteiger partial charge in [0.2, 0.25) is 0 Å². The van der Waals surface area contributed by atoms with Crippen LogP contribution in [0.15, 0.2) is 18.2 Å². The van der Waals surface area contributed by atoms with E-state index in [2.05, 4.69) is 11.8 Å². The number of hydrogen-bond acceptors (Lipinski definition) is 3. The highest BCUT2D eigenvalue weighted by Gasteiger charge is 2.22. The zero-order chi connectivity index (χ0) is 13.1. The van der Waals surface area contributed by atoms with Crippen LogP contribution in [0.1, 0.15) is 44.8 Å². The monoisotopic (exact) mass is 249 g/mol. The summed E-state index contributed by atoms with van der Waals surface area (Å²) in [5, 5.41) is 19.4. The Kier molecular flexibility index (Phi) is 4.12. The van der Waals surface area contributed by atoms with Gasteiger partial charge in [0, 0.05) is 30.4 Å². The van der Waals surface area contributed by atoms with E-state index in [0.717, 1.165) is 24.7 Å². The Hall–Kier alpha value is -1.22. The number of aliphatic hydroxyl groups excluding tert-OH is 1. The number of hydrogen-bond donors (Lipinski definition) is 2. The summed E-state index contributed by atoms with van der Waals surface area (Å²) >= 11 is 0. The van der Waals surface area contributed by atoms with Gasteiger partial charge in [-0.15, -0.1) is 0 Å². The highest BCUT2D eigenvalue weighted by atomic mass is 16.3. The van der Waals surface area contributed by atoms with Crippen molar-refractivity contribution in [3.8, 4) is 5.75 Å². The molecule has 1 aromatic rings. The van der Waals surface area contributed by atoms with Crippen LogP contribution in [0.5, 0.6) is 5.75 Å². The van der Waals surface area contributed by atoms with Crippen molar-refractivity contribution in [1.82, 2.24) is 0 Å². The van der Waals surface area contributed by atoms with Crippen LogP contribution in [0.2, 0.25) is 0 Å². The number of benzene rings is 1. The van der Waals surface area contributed by atoms with E-state index in [0.29, 0.717) is 5.56 Å². The van der Waals surface area contributed by atoms with E-state index in [1.807, 2.05) is 12.1 Å². The number of phenolic OH excluding ortho intramolecular Hbond substituents is 1. The maximum atomic E-state index is 9.90. The molecule has 2 N–H and O–H groups in total. The molecule has 18 heavy (non-hydrogen) atoms. The molecule has 2 atom stereocenters. The summed E-state index contributed by atoms with van der Waals surface area (Å²) in [6.45, 7) is 6.05. The van der Waals surface area contributed by atoms with Gasteiger partial charge in [0.15, 0.2) is 0 Å². The Labute approximate surface area is 109 Å². The van der Waals surface area contributed by atoms with Gasteiger partial charge in [0.05, 0.1) is 6.10 Å². The highest BCUT2D eigenvalue weighted by Crippen LogP contribution is 2.32. The van der Waals surface area contributed by atoms with Crippen molar-refractivity contribution in [2.24, 2.45) is 5.92 Å². The van der Waals surface area contributed by atoms with E-state index in [-0.39, 0.29) is 5.75 Å². The molecule has 1 heterocycles. The lowest BCUT2D eigenvalue weighted by atomic mass is 10.0. The van der Waals surface area contributed by atoms with Crippen molar-refractivity contribution >= 4 is 5.69 Å². The lowest BCUT2D eigenvalue weighted by Crippen LogP contribution is -2.19. The predicted octanol–water partition coefficient (Wildman–Crippen LogP) is 3.07. The van der Waals surface area contributed by atoms with Crippen LogP contribution < -0.4 is 4.90 Å². The molecular formula is C15H23NO2. The second-order valence-corrected chi connectivity index (χ2v) is 5.31. The molecule has 100 valence electrons. The van der Waals surface area contributed by atoms with Crippen LogP contribution in [0, 0.1) is 5.92 Å². The molecule has 1 fully saturated rings. The second kappa shape index (κ2) is 5.61. The minimum atomic E-state index is -0.620. The number of phenols is 1. The van der Waals surface area contributed by atoms with E-state index in [1.54, 1.807) is 13.0 Å². The zero-order valence-electron chi connectivity index (χ0n) is 11.3. The number of rotatable bonds is 4. The van der Waals surface area contributed by atoms with Crippen LogP contribution in [-0.4, -0.2) is 23.3 Å². The number of aliphatic hydroxyl groups is 1. The predicted molar refractivity (Wildman–Crippen MR) is 74.0 cm³/mol. The Morgan fingerprint density at radius 2 is 2.22 bits per heavy atom. The van der Waals surface area contributed by atoms with Gasteiger partial charge in [-0.2, -0.15) is 0 Å². The molecule has 1 aliphatic heterocycles. The van der Waals surface area contributed by atoms with Crippen LogP contribution in [0.3, 0.4) is 0 Å². The van der Waals surface area contributed by atoms with Gasteiger partial charge in [-0.3, -0.25) is 0 Å². The van der Waals surface area contributed by atoms with Crippen molar-refractivity contribution in [2.45, 2.75) is 39.2 Å². The Morgan fingerprint density at radius 3 is 2.83 bits per heavy atom. The van der Waals surface area contributed by atoms with Gasteiger partial charge >= 0.3 is 0 Å². The Morgan fingerprint density at radius 1 is 1.44 bits per heavy atom. The summed E-state index contributed by atoms with van der Waals surface area (Å²) in [7, 11) is 0. The van der Waals surface area contributed by atoms with Crippen LogP contribution in [0.25, 0.3) is 0 Å². The summed E-state index contributed by atoms with van der Waals surface area (Å²) in [6.07, 6.45) is 3.15. The molecule has 3 heteroatoms. The van der Waals surface area contributed by atoms with Gasteiger partial charge in [0.25, 0.3) is 0 Å². The van der Waals surface area contributed by atoms with Crippen molar-refractivity contribution in [2.75, 3.05) is 18.0 Å². The molecule has 0 bridgehead atoms. The average molecular weight is 249 g/mol. The first-order chi connectivity index (χ1) is 8.61. The van der Waals surface area contributed by atoms with E-state index in [4.69, 9.17) is 0 Å². The third-order valence-electron chi connectivity index (χ3n) is 3.81. The molecule has 1 aromatic carbocycles. The Balaban J connectivity index is 2.09. The van der Waals surface area contributed by atoms with Crippen molar-refractivity contribution in [1.29, 1.82) is 0 Å². The van der Waals surface area contributed by atoms with Crippen molar-refractivity contribution in [3.05, 3.63) is 23.8 Å². The first kappa shape index (κ1) is 13.2. The molecule has 0 amide bonds. The standard InChI is InChI=1S/C15H23NO2/c1-3-4-12-7-8-16(10-12)13-5-6-14(11(2)17)15(18)9-13/h5-6,9,11-12,17-18H,3-4,7-8,10H2,1-2H3. The third-order valence-corrected chi connectivity index (χ3v) is 3.81. The zero-order valence-corrected chi connectivity index (χ0v) is 11.3. The number of aromatic hydroxyl groups is 1. The van der Waals surface area contributed by atoms with Gasteiger partial charge in [0.1, 0.15) is 5.75 Å². The molecule has 2 rings (SSSR count). The minimum absolute atomic E-state index is 0.196. The van der Waals surface area contributed by atoms with Gasteiger partial charge < -0.3 is 15.1 Å². The third kappa shape index (κ3) is 2.78. The fourth-order valence-corrected chi connectivity index (χ4v) is 2.79. The van der Waals surface area contributed by atoms with Gasteiger partial charge in [-0.05, 0) is 31.7 Å². The normalized spacial score (nSPS) is 21.3. The summed E-state index contributed by atoms with van der Waals surface area (Å²) in [5.41, 5.74) is 1.67. The summed E-state index contributed by atoms with van der Waals surface area (Å²) in [5.74, 6) is 0.982. The molecule has 0 saturated carbocycles. The second-order valence-electron chi connectivity index (χ2n) is 5.31. The number of nitrogens with zero attached hydrogens (tertiary/aromatic N) is 1.